The number of nitrogens with one attached hydrogen (secondary N) is 1. The molecule has 0 saturated carbocycles. The van der Waals surface area contributed by atoms with Crippen LogP contribution in [0.2, 0.25) is 0 Å². The van der Waals surface area contributed by atoms with E-state index in [0.29, 0.717) is 48.4 Å². The molecule has 1 aliphatic heterocycles. The van der Waals surface area contributed by atoms with Crippen molar-refractivity contribution in [2.45, 2.75) is 18.6 Å². The van der Waals surface area contributed by atoms with Crippen LogP contribution < -0.4 is 11.1 Å². The highest BCUT2D eigenvalue weighted by Gasteiger charge is 2.48. The lowest BCUT2D eigenvalue weighted by atomic mass is 9.98. The number of likely N-dealkylation sites (tertiary alicyclic amines) is 1. The Bertz CT molecular complexity index is 1330. The summed E-state index contributed by atoms with van der Waals surface area (Å²) in [6.45, 7) is 1.55. The average Bonchev–Trinajstić information content (AvgIpc) is 3.58. The van der Waals surface area contributed by atoms with Crippen LogP contribution in [0.15, 0.2) is 53.4 Å². The Kier molecular flexibility index (Phi) is 5.51. The van der Waals surface area contributed by atoms with Crippen molar-refractivity contribution >= 4 is 17.5 Å². The average molecular weight is 461 g/mol. The van der Waals surface area contributed by atoms with Gasteiger partial charge in [0.15, 0.2) is 5.76 Å². The van der Waals surface area contributed by atoms with Gasteiger partial charge >= 0.3 is 0 Å². The molecule has 12 nitrogen and oxygen atoms in total. The van der Waals surface area contributed by atoms with Crippen LogP contribution in [0.1, 0.15) is 12.2 Å². The number of carbonyl (C=O) groups excluding carboxylic acids is 1. The summed E-state index contributed by atoms with van der Waals surface area (Å²) in [6.07, 6.45) is 5.37. The van der Waals surface area contributed by atoms with Gasteiger partial charge in [-0.05, 0) is 18.2 Å². The Labute approximate surface area is 194 Å². The minimum absolute atomic E-state index is 0.104. The van der Waals surface area contributed by atoms with Gasteiger partial charge in [0.25, 0.3) is 5.91 Å². The van der Waals surface area contributed by atoms with Gasteiger partial charge in [0, 0.05) is 45.0 Å². The molecule has 5 rings (SSSR count). The van der Waals surface area contributed by atoms with Crippen molar-refractivity contribution in [2.24, 2.45) is 5.73 Å². The van der Waals surface area contributed by atoms with Crippen LogP contribution in [0, 0.1) is 0 Å². The Balaban J connectivity index is 1.38. The van der Waals surface area contributed by atoms with Crippen molar-refractivity contribution in [1.82, 2.24) is 34.8 Å². The van der Waals surface area contributed by atoms with Crippen molar-refractivity contribution < 1.29 is 14.4 Å². The summed E-state index contributed by atoms with van der Waals surface area (Å²) in [4.78, 5) is 27.3. The fourth-order valence-electron chi connectivity index (χ4n) is 3.77. The minimum Gasteiger partial charge on any atom is -0.373 e. The van der Waals surface area contributed by atoms with Gasteiger partial charge in [0.05, 0.1) is 35.5 Å². The van der Waals surface area contributed by atoms with Crippen molar-refractivity contribution in [1.29, 1.82) is 0 Å². The first-order chi connectivity index (χ1) is 16.5. The Morgan fingerprint density at radius 1 is 1.21 bits per heavy atom. The molecule has 34 heavy (non-hydrogen) atoms. The van der Waals surface area contributed by atoms with Crippen LogP contribution >= 0.6 is 0 Å². The lowest BCUT2D eigenvalue weighted by Gasteiger charge is -2.16. The molecule has 1 saturated heterocycles. The molecule has 0 aliphatic carbocycles. The number of amides is 1. The number of hydrogen-bond acceptors (Lipinski definition) is 10. The topological polar surface area (TPSA) is 161 Å². The standard InChI is InChI=1S/C22H23N9O3/c1-30-9-6-22(33,20(30)32)19-11-18(29-34-19)16-4-2-3-15(27-16)17-5-8-24-21(28-17)26-14-12-25-31(13-14)10-7-23/h2-5,8,11-13,33H,6-7,9-10,23H2,1H3,(H,24,26,28)/t22-/m1/s1. The highest BCUT2D eigenvalue weighted by atomic mass is 16.5. The van der Waals surface area contributed by atoms with Crippen LogP contribution in [0.3, 0.4) is 0 Å². The molecule has 1 fully saturated rings. The zero-order valence-corrected chi connectivity index (χ0v) is 18.4. The second-order valence-electron chi connectivity index (χ2n) is 7.99. The maximum Gasteiger partial charge on any atom is 0.262 e. The summed E-state index contributed by atoms with van der Waals surface area (Å²) in [6, 6.07) is 8.71. The summed E-state index contributed by atoms with van der Waals surface area (Å²) >= 11 is 0. The van der Waals surface area contributed by atoms with Gasteiger partial charge in [-0.25, -0.2) is 15.0 Å². The van der Waals surface area contributed by atoms with E-state index >= 15 is 0 Å². The lowest BCUT2D eigenvalue weighted by molar-refractivity contribution is -0.144. The Morgan fingerprint density at radius 3 is 2.76 bits per heavy atom. The van der Waals surface area contributed by atoms with E-state index < -0.39 is 11.5 Å². The van der Waals surface area contributed by atoms with E-state index in [-0.39, 0.29) is 12.2 Å². The summed E-state index contributed by atoms with van der Waals surface area (Å²) in [5.41, 5.74) is 6.73. The summed E-state index contributed by atoms with van der Waals surface area (Å²) in [7, 11) is 1.64. The molecule has 0 bridgehead atoms. The molecule has 12 heteroatoms. The highest BCUT2D eigenvalue weighted by Crippen LogP contribution is 2.34. The third-order valence-electron chi connectivity index (χ3n) is 5.60. The van der Waals surface area contributed by atoms with Gasteiger partial charge in [-0.1, -0.05) is 11.2 Å². The summed E-state index contributed by atoms with van der Waals surface area (Å²) < 4.78 is 7.07. The van der Waals surface area contributed by atoms with E-state index in [1.165, 1.54) is 4.90 Å². The highest BCUT2D eigenvalue weighted by molar-refractivity contribution is 5.87. The van der Waals surface area contributed by atoms with Crippen LogP contribution in [0.4, 0.5) is 11.6 Å². The molecule has 1 aliphatic rings. The van der Waals surface area contributed by atoms with E-state index in [9.17, 15) is 9.90 Å². The van der Waals surface area contributed by atoms with Crippen molar-refractivity contribution in [3.63, 3.8) is 0 Å². The number of carbonyl (C=O) groups is 1. The second-order valence-corrected chi connectivity index (χ2v) is 7.99. The predicted molar refractivity (Wildman–Crippen MR) is 121 cm³/mol. The van der Waals surface area contributed by atoms with Gasteiger partial charge in [0.1, 0.15) is 5.69 Å². The number of anilines is 2. The van der Waals surface area contributed by atoms with Crippen LogP contribution in [-0.4, -0.2) is 65.9 Å². The van der Waals surface area contributed by atoms with E-state index in [4.69, 9.17) is 10.3 Å². The van der Waals surface area contributed by atoms with Gasteiger partial charge in [-0.3, -0.25) is 9.48 Å². The molecule has 174 valence electrons. The molecule has 4 aromatic heterocycles. The zero-order valence-electron chi connectivity index (χ0n) is 18.4. The molecule has 0 aromatic carbocycles. The molecule has 4 N–H and O–H groups in total. The second kappa shape index (κ2) is 8.65. The summed E-state index contributed by atoms with van der Waals surface area (Å²) in [5, 5.41) is 22.2. The number of hydrogen-bond donors (Lipinski definition) is 3. The number of nitrogens with zero attached hydrogens (tertiary/aromatic N) is 7. The predicted octanol–water partition coefficient (Wildman–Crippen LogP) is 1.14. The van der Waals surface area contributed by atoms with Gasteiger partial charge < -0.3 is 25.6 Å². The largest absolute Gasteiger partial charge is 0.373 e. The quantitative estimate of drug-likeness (QED) is 0.364. The number of likely N-dealkylation sites (N-methyl/N-ethyl adjacent to an activating group) is 1. The molecule has 0 spiro atoms. The van der Waals surface area contributed by atoms with E-state index in [1.807, 2.05) is 18.3 Å². The zero-order chi connectivity index (χ0) is 23.7. The van der Waals surface area contributed by atoms with Gasteiger partial charge in [-0.15, -0.1) is 0 Å². The molecule has 0 unspecified atom stereocenters. The molecular formula is C22H23N9O3. The smallest absolute Gasteiger partial charge is 0.262 e. The van der Waals surface area contributed by atoms with Crippen LogP contribution in [-0.2, 0) is 16.9 Å². The van der Waals surface area contributed by atoms with Crippen molar-refractivity contribution in [3.8, 4) is 22.8 Å². The molecular weight excluding hydrogens is 438 g/mol. The Hall–Kier alpha value is -4.16. The number of aromatic nitrogens is 6. The van der Waals surface area contributed by atoms with Crippen LogP contribution in [0.5, 0.6) is 0 Å². The third kappa shape index (κ3) is 4.00. The van der Waals surface area contributed by atoms with Crippen LogP contribution in [0.25, 0.3) is 22.8 Å². The molecule has 4 aromatic rings. The summed E-state index contributed by atoms with van der Waals surface area (Å²) in [5.74, 6) is 0.0889. The number of aliphatic hydroxyl groups is 1. The third-order valence-corrected chi connectivity index (χ3v) is 5.60. The van der Waals surface area contributed by atoms with Gasteiger partial charge in [-0.2, -0.15) is 5.10 Å². The number of pyridine rings is 1. The van der Waals surface area contributed by atoms with Crippen molar-refractivity contribution in [2.75, 3.05) is 25.5 Å². The van der Waals surface area contributed by atoms with E-state index in [1.54, 1.807) is 42.3 Å². The number of nitrogens with two attached hydrogens (primary N) is 1. The maximum atomic E-state index is 12.4. The Morgan fingerprint density at radius 2 is 2.00 bits per heavy atom. The first kappa shape index (κ1) is 21.7. The molecule has 1 atom stereocenters. The molecule has 0 radical (unpaired) electrons. The fourth-order valence-corrected chi connectivity index (χ4v) is 3.77. The van der Waals surface area contributed by atoms with E-state index in [2.05, 4.69) is 30.5 Å². The molecule has 5 heterocycles. The monoisotopic (exact) mass is 461 g/mol. The lowest BCUT2D eigenvalue weighted by Crippen LogP contribution is -2.35. The van der Waals surface area contributed by atoms with E-state index in [0.717, 1.165) is 5.69 Å². The minimum atomic E-state index is -1.71. The first-order valence-electron chi connectivity index (χ1n) is 10.7. The normalized spacial score (nSPS) is 18.0. The van der Waals surface area contributed by atoms with Gasteiger partial charge in [0.2, 0.25) is 11.5 Å². The SMILES string of the molecule is CN1CC[C@@](O)(c2cc(-c3cccc(-c4ccnc(Nc5cnn(CCN)c5)n4)n3)no2)C1=O. The first-order valence-corrected chi connectivity index (χ1v) is 10.7. The number of rotatable bonds is 7. The maximum absolute atomic E-state index is 12.4. The van der Waals surface area contributed by atoms with Crippen molar-refractivity contribution in [3.05, 3.63) is 54.7 Å². The molecule has 1 amide bonds. The fraction of sp³-hybridized carbons (Fsp3) is 0.273.